The highest BCUT2D eigenvalue weighted by Gasteiger charge is 2.22. The van der Waals surface area contributed by atoms with Gasteiger partial charge in [-0.25, -0.2) is 0 Å². The number of hydrogen-bond acceptors (Lipinski definition) is 4. The first-order valence-electron chi connectivity index (χ1n) is 9.25. The number of rotatable bonds is 6. The van der Waals surface area contributed by atoms with Crippen molar-refractivity contribution in [3.05, 3.63) is 59.1 Å². The summed E-state index contributed by atoms with van der Waals surface area (Å²) >= 11 is 7.64. The van der Waals surface area contributed by atoms with Crippen LogP contribution in [0, 0.1) is 6.92 Å². The number of benzene rings is 2. The van der Waals surface area contributed by atoms with Crippen molar-refractivity contribution in [1.29, 1.82) is 0 Å². The van der Waals surface area contributed by atoms with Crippen LogP contribution in [0.15, 0.2) is 53.4 Å². The monoisotopic (exact) mass is 417 g/mol. The molecule has 0 atom stereocenters. The number of carbonyl (C=O) groups excluding carboxylic acids is 2. The molecule has 2 amide bonds. The minimum Gasteiger partial charge on any atom is -0.339 e. The molecule has 2 aromatic rings. The third kappa shape index (κ3) is 5.99. The summed E-state index contributed by atoms with van der Waals surface area (Å²) in [6, 6.07) is 15.4. The van der Waals surface area contributed by atoms with Gasteiger partial charge in [0.15, 0.2) is 0 Å². The number of nitrogens with zero attached hydrogens (tertiary/aromatic N) is 2. The highest BCUT2D eigenvalue weighted by Crippen LogP contribution is 2.21. The van der Waals surface area contributed by atoms with E-state index in [4.69, 9.17) is 11.6 Å². The first-order chi connectivity index (χ1) is 13.5. The standard InChI is InChI=1S/C21H24ClN3O2S/c1-16-6-8-17(9-7-16)28-15-21(27)25-12-10-24(11-13-25)14-20(26)23-19-5-3-2-4-18(19)22/h2-9H,10-15H2,1H3,(H,23,26). The molecule has 3 rings (SSSR count). The Balaban J connectivity index is 1.40. The number of piperazine rings is 1. The van der Waals surface area contributed by atoms with E-state index in [1.807, 2.05) is 36.1 Å². The van der Waals surface area contributed by atoms with Gasteiger partial charge in [-0.3, -0.25) is 14.5 Å². The lowest BCUT2D eigenvalue weighted by molar-refractivity contribution is -0.130. The highest BCUT2D eigenvalue weighted by atomic mass is 35.5. The normalized spacial score (nSPS) is 14.7. The highest BCUT2D eigenvalue weighted by molar-refractivity contribution is 8.00. The molecule has 0 aromatic heterocycles. The van der Waals surface area contributed by atoms with Crippen LogP contribution in [0.4, 0.5) is 5.69 Å². The fourth-order valence-electron chi connectivity index (χ4n) is 2.98. The second-order valence-electron chi connectivity index (χ2n) is 6.79. The number of anilines is 1. The van der Waals surface area contributed by atoms with Crippen molar-refractivity contribution in [1.82, 2.24) is 9.80 Å². The molecule has 0 aliphatic carbocycles. The smallest absolute Gasteiger partial charge is 0.238 e. The molecule has 0 bridgehead atoms. The summed E-state index contributed by atoms with van der Waals surface area (Å²) in [5.41, 5.74) is 1.83. The summed E-state index contributed by atoms with van der Waals surface area (Å²) in [5, 5.41) is 3.36. The fraction of sp³-hybridized carbons (Fsp3) is 0.333. The number of amides is 2. The molecule has 1 aliphatic heterocycles. The van der Waals surface area contributed by atoms with E-state index < -0.39 is 0 Å². The van der Waals surface area contributed by atoms with Crippen molar-refractivity contribution < 1.29 is 9.59 Å². The molecular weight excluding hydrogens is 394 g/mol. The molecule has 28 heavy (non-hydrogen) atoms. The van der Waals surface area contributed by atoms with Gasteiger partial charge in [0.05, 0.1) is 23.0 Å². The lowest BCUT2D eigenvalue weighted by atomic mass is 10.2. The van der Waals surface area contributed by atoms with Gasteiger partial charge in [-0.1, -0.05) is 41.4 Å². The number of carbonyl (C=O) groups is 2. The first kappa shape index (κ1) is 20.7. The van der Waals surface area contributed by atoms with Crippen molar-refractivity contribution in [2.45, 2.75) is 11.8 Å². The molecule has 1 saturated heterocycles. The minimum absolute atomic E-state index is 0.0946. The SMILES string of the molecule is Cc1ccc(SCC(=O)N2CCN(CC(=O)Nc3ccccc3Cl)CC2)cc1. The summed E-state index contributed by atoms with van der Waals surface area (Å²) in [7, 11) is 0. The molecule has 0 saturated carbocycles. The van der Waals surface area contributed by atoms with E-state index in [1.165, 1.54) is 5.56 Å². The maximum Gasteiger partial charge on any atom is 0.238 e. The largest absolute Gasteiger partial charge is 0.339 e. The molecule has 2 aromatic carbocycles. The number of hydrogen-bond donors (Lipinski definition) is 1. The predicted molar refractivity (Wildman–Crippen MR) is 115 cm³/mol. The van der Waals surface area contributed by atoms with E-state index in [2.05, 4.69) is 22.3 Å². The van der Waals surface area contributed by atoms with Gasteiger partial charge in [0, 0.05) is 31.1 Å². The van der Waals surface area contributed by atoms with Crippen LogP contribution in [0.3, 0.4) is 0 Å². The molecule has 0 spiro atoms. The van der Waals surface area contributed by atoms with E-state index in [9.17, 15) is 9.59 Å². The summed E-state index contributed by atoms with van der Waals surface area (Å²) < 4.78 is 0. The zero-order chi connectivity index (χ0) is 19.9. The fourth-order valence-corrected chi connectivity index (χ4v) is 3.97. The quantitative estimate of drug-likeness (QED) is 0.730. The number of aryl methyl sites for hydroxylation is 1. The molecule has 1 N–H and O–H groups in total. The van der Waals surface area contributed by atoms with Crippen molar-refractivity contribution in [3.8, 4) is 0 Å². The van der Waals surface area contributed by atoms with E-state index in [0.717, 1.165) is 4.90 Å². The molecule has 7 heteroatoms. The zero-order valence-electron chi connectivity index (χ0n) is 15.9. The van der Waals surface area contributed by atoms with Gasteiger partial charge in [-0.05, 0) is 31.2 Å². The van der Waals surface area contributed by atoms with Gasteiger partial charge in [-0.2, -0.15) is 0 Å². The number of para-hydroxylation sites is 1. The van der Waals surface area contributed by atoms with Crippen molar-refractivity contribution in [3.63, 3.8) is 0 Å². The number of halogens is 1. The Kier molecular flexibility index (Phi) is 7.36. The Hall–Kier alpha value is -2.02. The van der Waals surface area contributed by atoms with Gasteiger partial charge < -0.3 is 10.2 Å². The van der Waals surface area contributed by atoms with Gasteiger partial charge in [-0.15, -0.1) is 11.8 Å². The Morgan fingerprint density at radius 1 is 1.04 bits per heavy atom. The van der Waals surface area contributed by atoms with Crippen LogP contribution >= 0.6 is 23.4 Å². The molecule has 1 fully saturated rings. The Morgan fingerprint density at radius 3 is 2.39 bits per heavy atom. The molecule has 5 nitrogen and oxygen atoms in total. The van der Waals surface area contributed by atoms with Gasteiger partial charge in [0.2, 0.25) is 11.8 Å². The van der Waals surface area contributed by atoms with E-state index in [0.29, 0.717) is 49.2 Å². The first-order valence-corrected chi connectivity index (χ1v) is 10.6. The van der Waals surface area contributed by atoms with E-state index in [-0.39, 0.29) is 11.8 Å². The van der Waals surface area contributed by atoms with E-state index in [1.54, 1.807) is 23.9 Å². The maximum atomic E-state index is 12.4. The summed E-state index contributed by atoms with van der Waals surface area (Å²) in [4.78, 5) is 29.7. The topological polar surface area (TPSA) is 52.7 Å². The third-order valence-electron chi connectivity index (χ3n) is 4.62. The Morgan fingerprint density at radius 2 is 1.71 bits per heavy atom. The number of nitrogens with one attached hydrogen (secondary N) is 1. The Labute approximate surface area is 175 Å². The lowest BCUT2D eigenvalue weighted by Gasteiger charge is -2.34. The predicted octanol–water partition coefficient (Wildman–Crippen LogP) is 3.52. The van der Waals surface area contributed by atoms with Crippen molar-refractivity contribution in [2.24, 2.45) is 0 Å². The summed E-state index contributed by atoms with van der Waals surface area (Å²) in [6.07, 6.45) is 0. The number of thioether (sulfide) groups is 1. The summed E-state index contributed by atoms with van der Waals surface area (Å²) in [6.45, 7) is 5.02. The van der Waals surface area contributed by atoms with Crippen LogP contribution in [-0.2, 0) is 9.59 Å². The lowest BCUT2D eigenvalue weighted by Crippen LogP contribution is -2.50. The van der Waals surface area contributed by atoms with E-state index >= 15 is 0 Å². The van der Waals surface area contributed by atoms with Crippen LogP contribution < -0.4 is 5.32 Å². The average Bonchev–Trinajstić information content (AvgIpc) is 2.69. The molecular formula is C21H24ClN3O2S. The molecule has 0 radical (unpaired) electrons. The Bertz CT molecular complexity index is 821. The van der Waals surface area contributed by atoms with Gasteiger partial charge >= 0.3 is 0 Å². The van der Waals surface area contributed by atoms with Crippen molar-refractivity contribution >= 4 is 40.9 Å². The average molecular weight is 418 g/mol. The molecule has 148 valence electrons. The molecule has 1 heterocycles. The molecule has 1 aliphatic rings. The van der Waals surface area contributed by atoms with Gasteiger partial charge in [0.1, 0.15) is 0 Å². The van der Waals surface area contributed by atoms with Crippen LogP contribution in [0.2, 0.25) is 5.02 Å². The van der Waals surface area contributed by atoms with Crippen LogP contribution in [-0.4, -0.2) is 60.1 Å². The van der Waals surface area contributed by atoms with Gasteiger partial charge in [0.25, 0.3) is 0 Å². The van der Waals surface area contributed by atoms with Crippen LogP contribution in [0.1, 0.15) is 5.56 Å². The zero-order valence-corrected chi connectivity index (χ0v) is 17.4. The minimum atomic E-state index is -0.0946. The van der Waals surface area contributed by atoms with Crippen LogP contribution in [0.5, 0.6) is 0 Å². The third-order valence-corrected chi connectivity index (χ3v) is 5.95. The summed E-state index contributed by atoms with van der Waals surface area (Å²) in [5.74, 6) is 0.490. The van der Waals surface area contributed by atoms with Crippen LogP contribution in [0.25, 0.3) is 0 Å². The maximum absolute atomic E-state index is 12.4. The second-order valence-corrected chi connectivity index (χ2v) is 8.24. The van der Waals surface area contributed by atoms with Crippen molar-refractivity contribution in [2.75, 3.05) is 43.8 Å². The molecule has 0 unspecified atom stereocenters. The second kappa shape index (κ2) is 9.96.